The van der Waals surface area contributed by atoms with Gasteiger partial charge in [-0.25, -0.2) is 4.57 Å². The van der Waals surface area contributed by atoms with Crippen LogP contribution in [0.2, 0.25) is 0 Å². The quantitative estimate of drug-likeness (QED) is 0.319. The van der Waals surface area contributed by atoms with E-state index >= 15 is 0 Å². The van der Waals surface area contributed by atoms with Crippen LogP contribution in [0.15, 0.2) is 0 Å². The summed E-state index contributed by atoms with van der Waals surface area (Å²) in [5.41, 5.74) is 0. The first-order valence-electron chi connectivity index (χ1n) is 7.07. The second kappa shape index (κ2) is 14.9. The Bertz CT molecular complexity index is 258. The molecule has 0 saturated carbocycles. The van der Waals surface area contributed by atoms with Gasteiger partial charge in [-0.15, -0.1) is 0 Å². The van der Waals surface area contributed by atoms with Gasteiger partial charge in [-0.05, 0) is 6.42 Å². The zero-order valence-corrected chi connectivity index (χ0v) is 13.5. The summed E-state index contributed by atoms with van der Waals surface area (Å²) < 4.78 is 35.5. The summed E-state index contributed by atoms with van der Waals surface area (Å²) in [5.74, 6) is 0. The second-order valence-electron chi connectivity index (χ2n) is 4.13. The summed E-state index contributed by atoms with van der Waals surface area (Å²) in [4.78, 5) is 16.8. The van der Waals surface area contributed by atoms with Crippen molar-refractivity contribution >= 4 is 7.82 Å². The van der Waals surface area contributed by atoms with Crippen LogP contribution < -0.4 is 0 Å². The van der Waals surface area contributed by atoms with E-state index in [1.165, 1.54) is 0 Å². The molecule has 0 amide bonds. The third-order valence-electron chi connectivity index (χ3n) is 2.25. The standard InChI is InChI=1S/C12H27O8P/c1-2-3-4-16-5-6-17-7-8-18-9-10-19-11-12-20-21(13,14)15/h2-12H2,1H3,(H2,13,14,15). The van der Waals surface area contributed by atoms with Crippen LogP contribution in [-0.2, 0) is 28.0 Å². The molecule has 0 aliphatic carbocycles. The highest BCUT2D eigenvalue weighted by Crippen LogP contribution is 2.35. The Kier molecular flexibility index (Phi) is 14.8. The first kappa shape index (κ1) is 20.9. The maximum Gasteiger partial charge on any atom is 0.469 e. The molecule has 2 N–H and O–H groups in total. The fourth-order valence-electron chi connectivity index (χ4n) is 1.22. The van der Waals surface area contributed by atoms with Crippen molar-refractivity contribution in [2.45, 2.75) is 19.8 Å². The molecule has 0 aliphatic heterocycles. The average molecular weight is 330 g/mol. The van der Waals surface area contributed by atoms with Crippen LogP contribution in [0.25, 0.3) is 0 Å². The van der Waals surface area contributed by atoms with Crippen molar-refractivity contribution < 1.29 is 37.8 Å². The Hall–Kier alpha value is -0.0500. The smallest absolute Gasteiger partial charge is 0.379 e. The van der Waals surface area contributed by atoms with Gasteiger partial charge in [-0.1, -0.05) is 13.3 Å². The van der Waals surface area contributed by atoms with E-state index in [1.807, 2.05) is 0 Å². The molecule has 0 aliphatic rings. The lowest BCUT2D eigenvalue weighted by Crippen LogP contribution is -2.13. The SMILES string of the molecule is CCCCOCCOCCOCCOCCOP(=O)(O)O. The number of hydrogen-bond donors (Lipinski definition) is 2. The van der Waals surface area contributed by atoms with E-state index in [0.29, 0.717) is 39.6 Å². The predicted octanol–water partition coefficient (Wildman–Crippen LogP) is 0.962. The third-order valence-corrected chi connectivity index (χ3v) is 2.76. The molecular formula is C12H27O8P. The topological polar surface area (TPSA) is 104 Å². The first-order valence-corrected chi connectivity index (χ1v) is 8.60. The van der Waals surface area contributed by atoms with E-state index in [9.17, 15) is 4.57 Å². The Labute approximate surface area is 125 Å². The monoisotopic (exact) mass is 330 g/mol. The van der Waals surface area contributed by atoms with Crippen molar-refractivity contribution in [2.75, 3.05) is 59.5 Å². The molecule has 0 unspecified atom stereocenters. The van der Waals surface area contributed by atoms with E-state index in [4.69, 9.17) is 28.7 Å². The summed E-state index contributed by atoms with van der Waals surface area (Å²) in [7, 11) is -4.39. The zero-order chi connectivity index (χ0) is 15.8. The van der Waals surface area contributed by atoms with Gasteiger partial charge in [-0.2, -0.15) is 0 Å². The molecule has 0 radical (unpaired) electrons. The molecule has 9 heteroatoms. The lowest BCUT2D eigenvalue weighted by atomic mass is 10.4. The second-order valence-corrected chi connectivity index (χ2v) is 5.37. The Morgan fingerprint density at radius 1 is 0.714 bits per heavy atom. The third kappa shape index (κ3) is 19.9. The highest BCUT2D eigenvalue weighted by atomic mass is 31.2. The number of rotatable bonds is 16. The maximum atomic E-state index is 10.3. The van der Waals surface area contributed by atoms with Crippen molar-refractivity contribution in [2.24, 2.45) is 0 Å². The van der Waals surface area contributed by atoms with Gasteiger partial charge in [0, 0.05) is 6.61 Å². The van der Waals surface area contributed by atoms with Gasteiger partial charge in [0.15, 0.2) is 0 Å². The minimum Gasteiger partial charge on any atom is -0.379 e. The van der Waals surface area contributed by atoms with Crippen LogP contribution >= 0.6 is 7.82 Å². The molecule has 0 spiro atoms. The van der Waals surface area contributed by atoms with Gasteiger partial charge in [-0.3, -0.25) is 4.52 Å². The minimum atomic E-state index is -4.39. The highest BCUT2D eigenvalue weighted by molar-refractivity contribution is 7.46. The number of hydrogen-bond acceptors (Lipinski definition) is 6. The van der Waals surface area contributed by atoms with Crippen molar-refractivity contribution in [1.82, 2.24) is 0 Å². The molecule has 0 heterocycles. The first-order chi connectivity index (χ1) is 10.1. The minimum absolute atomic E-state index is 0.111. The summed E-state index contributed by atoms with van der Waals surface area (Å²) in [6, 6.07) is 0. The van der Waals surface area contributed by atoms with E-state index in [2.05, 4.69) is 11.4 Å². The highest BCUT2D eigenvalue weighted by Gasteiger charge is 2.12. The molecule has 0 aromatic rings. The molecule has 0 aromatic heterocycles. The van der Waals surface area contributed by atoms with Crippen LogP contribution in [0.4, 0.5) is 0 Å². The van der Waals surface area contributed by atoms with E-state index in [0.717, 1.165) is 19.4 Å². The molecule has 0 aromatic carbocycles. The van der Waals surface area contributed by atoms with E-state index in [-0.39, 0.29) is 13.2 Å². The van der Waals surface area contributed by atoms with Crippen LogP contribution in [0.1, 0.15) is 19.8 Å². The molecule has 0 bridgehead atoms. The molecule has 8 nitrogen and oxygen atoms in total. The molecular weight excluding hydrogens is 303 g/mol. The molecule has 128 valence electrons. The van der Waals surface area contributed by atoms with Crippen LogP contribution in [0, 0.1) is 0 Å². The van der Waals surface area contributed by atoms with E-state index in [1.54, 1.807) is 0 Å². The van der Waals surface area contributed by atoms with Crippen LogP contribution in [-0.4, -0.2) is 69.2 Å². The number of unbranched alkanes of at least 4 members (excludes halogenated alkanes) is 1. The van der Waals surface area contributed by atoms with E-state index < -0.39 is 7.82 Å². The molecule has 0 atom stereocenters. The summed E-state index contributed by atoms with van der Waals surface area (Å²) in [6.07, 6.45) is 2.20. The van der Waals surface area contributed by atoms with Crippen molar-refractivity contribution in [1.29, 1.82) is 0 Å². The molecule has 0 fully saturated rings. The van der Waals surface area contributed by atoms with Gasteiger partial charge >= 0.3 is 7.82 Å². The Morgan fingerprint density at radius 3 is 1.48 bits per heavy atom. The number of ether oxygens (including phenoxy) is 4. The van der Waals surface area contributed by atoms with Gasteiger partial charge in [0.25, 0.3) is 0 Å². The summed E-state index contributed by atoms with van der Waals surface area (Å²) in [6.45, 7) is 5.72. The number of phosphoric ester groups is 1. The lowest BCUT2D eigenvalue weighted by molar-refractivity contribution is -0.00569. The fraction of sp³-hybridized carbons (Fsp3) is 1.00. The lowest BCUT2D eigenvalue weighted by Gasteiger charge is -2.08. The fourth-order valence-corrected chi connectivity index (χ4v) is 1.54. The molecule has 0 saturated heterocycles. The average Bonchev–Trinajstić information content (AvgIpc) is 2.42. The van der Waals surface area contributed by atoms with Gasteiger partial charge in [0.1, 0.15) is 0 Å². The van der Waals surface area contributed by atoms with Crippen molar-refractivity contribution in [3.05, 3.63) is 0 Å². The van der Waals surface area contributed by atoms with Crippen molar-refractivity contribution in [3.8, 4) is 0 Å². The van der Waals surface area contributed by atoms with Gasteiger partial charge < -0.3 is 28.7 Å². The summed E-state index contributed by atoms with van der Waals surface area (Å²) >= 11 is 0. The van der Waals surface area contributed by atoms with Crippen LogP contribution in [0.5, 0.6) is 0 Å². The molecule has 0 rings (SSSR count). The Balaban J connectivity index is 3.01. The van der Waals surface area contributed by atoms with Gasteiger partial charge in [0.05, 0.1) is 52.9 Å². The number of phosphoric acid groups is 1. The maximum absolute atomic E-state index is 10.3. The Morgan fingerprint density at radius 2 is 1.10 bits per heavy atom. The summed E-state index contributed by atoms with van der Waals surface area (Å²) in [5, 5.41) is 0. The zero-order valence-electron chi connectivity index (χ0n) is 12.6. The largest absolute Gasteiger partial charge is 0.469 e. The van der Waals surface area contributed by atoms with Crippen LogP contribution in [0.3, 0.4) is 0 Å². The normalized spacial score (nSPS) is 12.0. The predicted molar refractivity (Wildman–Crippen MR) is 76.2 cm³/mol. The molecule has 21 heavy (non-hydrogen) atoms. The van der Waals surface area contributed by atoms with Gasteiger partial charge in [0.2, 0.25) is 0 Å². The van der Waals surface area contributed by atoms with Crippen molar-refractivity contribution in [3.63, 3.8) is 0 Å².